The topological polar surface area (TPSA) is 0 Å². The Morgan fingerprint density at radius 1 is 0.385 bits per heavy atom. The van der Waals surface area contributed by atoms with E-state index in [-0.39, 0.29) is 0 Å². The average molecular weight is 344 g/mol. The highest BCUT2D eigenvalue weighted by Gasteiger charge is 1.87. The van der Waals surface area contributed by atoms with Gasteiger partial charge in [-0.1, -0.05) is 128 Å². The van der Waals surface area contributed by atoms with Crippen LogP contribution in [0.1, 0.15) is 38.5 Å². The van der Waals surface area contributed by atoms with Crippen molar-refractivity contribution in [3.8, 4) is 0 Å². The molecule has 135 valence electrons. The predicted molar refractivity (Wildman–Crippen MR) is 118 cm³/mol. The Kier molecular flexibility index (Phi) is 15.5. The number of hydrogen-bond donors (Lipinski definition) is 0. The zero-order valence-corrected chi connectivity index (χ0v) is 15.7. The molecule has 0 N–H and O–H groups in total. The second-order valence-corrected chi connectivity index (χ2v) is 5.83. The highest BCUT2D eigenvalue weighted by molar-refractivity contribution is 5.22. The summed E-state index contributed by atoms with van der Waals surface area (Å²) in [6.07, 6.45) is 49.5. The van der Waals surface area contributed by atoms with Crippen molar-refractivity contribution in [2.75, 3.05) is 0 Å². The predicted octanol–water partition coefficient (Wildman–Crippen LogP) is 7.71. The lowest BCUT2D eigenvalue weighted by Crippen LogP contribution is -1.76. The molecule has 0 saturated heterocycles. The van der Waals surface area contributed by atoms with Crippen molar-refractivity contribution in [2.24, 2.45) is 0 Å². The molecule has 0 amide bonds. The zero-order valence-electron chi connectivity index (χ0n) is 15.7. The van der Waals surface area contributed by atoms with E-state index in [1.807, 2.05) is 91.1 Å². The van der Waals surface area contributed by atoms with Gasteiger partial charge in [0.05, 0.1) is 0 Å². The van der Waals surface area contributed by atoms with Crippen molar-refractivity contribution in [1.82, 2.24) is 0 Å². The van der Waals surface area contributed by atoms with Gasteiger partial charge < -0.3 is 0 Å². The second-order valence-electron chi connectivity index (χ2n) is 5.83. The Balaban J connectivity index is 2.49. The van der Waals surface area contributed by atoms with Crippen LogP contribution in [0, 0.1) is 6.08 Å². The maximum atomic E-state index is 3.33. The second kappa shape index (κ2) is 18.7. The molecular weight excluding hydrogens is 312 g/mol. The Morgan fingerprint density at radius 3 is 1.35 bits per heavy atom. The summed E-state index contributed by atoms with van der Waals surface area (Å²) in [5, 5.41) is 0. The summed E-state index contributed by atoms with van der Waals surface area (Å²) in [5.74, 6) is 0. The molecule has 0 spiro atoms. The van der Waals surface area contributed by atoms with Crippen molar-refractivity contribution in [3.63, 3.8) is 0 Å². The summed E-state index contributed by atoms with van der Waals surface area (Å²) in [6, 6.07) is 0. The van der Waals surface area contributed by atoms with Gasteiger partial charge in [-0.25, -0.2) is 0 Å². The van der Waals surface area contributed by atoms with E-state index in [2.05, 4.69) is 30.4 Å². The fourth-order valence-corrected chi connectivity index (χ4v) is 2.19. The molecule has 0 fully saturated rings. The molecule has 0 heteroatoms. The van der Waals surface area contributed by atoms with Gasteiger partial charge in [-0.05, 0) is 31.8 Å². The summed E-state index contributed by atoms with van der Waals surface area (Å²) in [5.41, 5.74) is 0. The summed E-state index contributed by atoms with van der Waals surface area (Å²) < 4.78 is 0. The van der Waals surface area contributed by atoms with Crippen LogP contribution in [0.3, 0.4) is 0 Å². The van der Waals surface area contributed by atoms with Crippen LogP contribution in [0.15, 0.2) is 115 Å². The third-order valence-corrected chi connectivity index (χ3v) is 3.57. The normalized spacial score (nSPS) is 30.2. The molecule has 0 atom stereocenters. The lowest BCUT2D eigenvalue weighted by Gasteiger charge is -1.96. The number of allylic oxidation sites excluding steroid dienone is 20. The van der Waals surface area contributed by atoms with Crippen molar-refractivity contribution in [3.05, 3.63) is 122 Å². The molecule has 1 radical (unpaired) electrons. The Hall–Kier alpha value is -2.60. The standard InChI is InChI=1S/C26H31/c1-2-4-6-8-10-12-14-16-18-20-22-24-26-25-23-21-19-17-15-13-11-9-7-5-3-1/h1-19H,20,22-26H2/b2-1-,5-3-,6-4-,9-7-,10-8-,13-11-,14-12-,17-15-,18-16-,21-19?. The molecule has 1 aliphatic carbocycles. The van der Waals surface area contributed by atoms with E-state index in [0.717, 1.165) is 12.8 Å². The molecule has 0 aromatic heterocycles. The first-order valence-electron chi connectivity index (χ1n) is 9.55. The zero-order chi connectivity index (χ0) is 18.4. The average Bonchev–Trinajstić information content (AvgIpc) is 2.65. The maximum Gasteiger partial charge on any atom is -0.0276 e. The van der Waals surface area contributed by atoms with Gasteiger partial charge in [0, 0.05) is 0 Å². The molecule has 0 nitrogen and oxygen atoms in total. The van der Waals surface area contributed by atoms with Crippen LogP contribution in [-0.2, 0) is 0 Å². The number of rotatable bonds is 0. The first-order chi connectivity index (χ1) is 13.0. The van der Waals surface area contributed by atoms with Crippen LogP contribution in [-0.4, -0.2) is 0 Å². The molecule has 0 bridgehead atoms. The lowest BCUT2D eigenvalue weighted by atomic mass is 10.1. The van der Waals surface area contributed by atoms with Gasteiger partial charge in [0.25, 0.3) is 0 Å². The van der Waals surface area contributed by atoms with Crippen molar-refractivity contribution < 1.29 is 0 Å². The van der Waals surface area contributed by atoms with Crippen LogP contribution >= 0.6 is 0 Å². The Morgan fingerprint density at radius 2 is 0.808 bits per heavy atom. The largest absolute Gasteiger partial charge is 0.0845 e. The molecule has 0 saturated carbocycles. The fraction of sp³-hybridized carbons (Fsp3) is 0.231. The van der Waals surface area contributed by atoms with Gasteiger partial charge >= 0.3 is 0 Å². The fourth-order valence-electron chi connectivity index (χ4n) is 2.19. The smallest absolute Gasteiger partial charge is 0.0276 e. The van der Waals surface area contributed by atoms with Gasteiger partial charge in [-0.3, -0.25) is 0 Å². The van der Waals surface area contributed by atoms with Crippen LogP contribution in [0.25, 0.3) is 0 Å². The summed E-state index contributed by atoms with van der Waals surface area (Å²) in [7, 11) is 0. The van der Waals surface area contributed by atoms with Gasteiger partial charge in [-0.15, -0.1) is 0 Å². The molecule has 0 aromatic carbocycles. The molecule has 0 heterocycles. The van der Waals surface area contributed by atoms with Crippen LogP contribution < -0.4 is 0 Å². The Bertz CT molecular complexity index is 554. The molecule has 1 rings (SSSR count). The maximum absolute atomic E-state index is 3.33. The minimum absolute atomic E-state index is 1.05. The summed E-state index contributed by atoms with van der Waals surface area (Å²) in [6.45, 7) is 0. The van der Waals surface area contributed by atoms with E-state index in [4.69, 9.17) is 0 Å². The van der Waals surface area contributed by atoms with Gasteiger partial charge in [0.15, 0.2) is 0 Å². The van der Waals surface area contributed by atoms with Crippen LogP contribution in [0.4, 0.5) is 0 Å². The SMILES string of the molecule is [C]1=C/C=C\C=C/C=C\C=C/C=C\C=C/C=C\C=C/C=C\CCCCCC\1. The monoisotopic (exact) mass is 343 g/mol. The van der Waals surface area contributed by atoms with Crippen molar-refractivity contribution >= 4 is 0 Å². The molecule has 1 aliphatic rings. The molecule has 0 aliphatic heterocycles. The lowest BCUT2D eigenvalue weighted by molar-refractivity contribution is 0.649. The molecule has 0 aromatic rings. The quantitative estimate of drug-likeness (QED) is 0.422. The highest BCUT2D eigenvalue weighted by atomic mass is 13.9. The van der Waals surface area contributed by atoms with E-state index in [1.165, 1.54) is 25.7 Å². The van der Waals surface area contributed by atoms with Crippen LogP contribution in [0.2, 0.25) is 0 Å². The van der Waals surface area contributed by atoms with E-state index in [0.29, 0.717) is 0 Å². The Labute approximate surface area is 160 Å². The van der Waals surface area contributed by atoms with Gasteiger partial charge in [0.2, 0.25) is 0 Å². The van der Waals surface area contributed by atoms with E-state index >= 15 is 0 Å². The first kappa shape index (κ1) is 21.4. The minimum atomic E-state index is 1.05. The molecule has 0 unspecified atom stereocenters. The van der Waals surface area contributed by atoms with E-state index in [9.17, 15) is 0 Å². The van der Waals surface area contributed by atoms with Crippen LogP contribution in [0.5, 0.6) is 0 Å². The third kappa shape index (κ3) is 16.3. The minimum Gasteiger partial charge on any atom is -0.0845 e. The van der Waals surface area contributed by atoms with Gasteiger partial charge in [0.1, 0.15) is 0 Å². The third-order valence-electron chi connectivity index (χ3n) is 3.57. The van der Waals surface area contributed by atoms with Crippen molar-refractivity contribution in [2.45, 2.75) is 38.5 Å². The van der Waals surface area contributed by atoms with Gasteiger partial charge in [-0.2, -0.15) is 0 Å². The van der Waals surface area contributed by atoms with Crippen molar-refractivity contribution in [1.29, 1.82) is 0 Å². The molecule has 26 heavy (non-hydrogen) atoms. The van der Waals surface area contributed by atoms with E-state index in [1.54, 1.807) is 0 Å². The molecular formula is C26H31. The number of hydrogen-bond acceptors (Lipinski definition) is 0. The first-order valence-corrected chi connectivity index (χ1v) is 9.55. The van der Waals surface area contributed by atoms with E-state index < -0.39 is 0 Å². The highest BCUT2D eigenvalue weighted by Crippen LogP contribution is 2.06. The summed E-state index contributed by atoms with van der Waals surface area (Å²) in [4.78, 5) is 0. The summed E-state index contributed by atoms with van der Waals surface area (Å²) >= 11 is 0.